The average molecular weight is 220 g/mol. The SMILES string of the molecule is CC(C)c1ccn(-c2ccc(C=O)s2)n1. The number of carbonyl (C=O) groups excluding carboxylic acids is 1. The van der Waals surface area contributed by atoms with Crippen molar-refractivity contribution in [2.24, 2.45) is 0 Å². The summed E-state index contributed by atoms with van der Waals surface area (Å²) in [6.45, 7) is 4.22. The first-order chi connectivity index (χ1) is 7.20. The lowest BCUT2D eigenvalue weighted by Gasteiger charge is -1.98. The Morgan fingerprint density at radius 3 is 2.73 bits per heavy atom. The van der Waals surface area contributed by atoms with Crippen LogP contribution in [0.1, 0.15) is 35.1 Å². The van der Waals surface area contributed by atoms with Crippen LogP contribution >= 0.6 is 11.3 Å². The van der Waals surface area contributed by atoms with E-state index in [0.29, 0.717) is 5.92 Å². The lowest BCUT2D eigenvalue weighted by Crippen LogP contribution is -1.94. The van der Waals surface area contributed by atoms with E-state index < -0.39 is 0 Å². The zero-order chi connectivity index (χ0) is 10.8. The van der Waals surface area contributed by atoms with E-state index in [-0.39, 0.29) is 0 Å². The van der Waals surface area contributed by atoms with Crippen LogP contribution in [0.3, 0.4) is 0 Å². The van der Waals surface area contributed by atoms with Gasteiger partial charge < -0.3 is 0 Å². The molecule has 0 aliphatic heterocycles. The Kier molecular flexibility index (Phi) is 2.68. The van der Waals surface area contributed by atoms with Crippen molar-refractivity contribution >= 4 is 17.6 Å². The van der Waals surface area contributed by atoms with E-state index in [4.69, 9.17) is 0 Å². The summed E-state index contributed by atoms with van der Waals surface area (Å²) in [6, 6.07) is 5.72. The third-order valence-electron chi connectivity index (χ3n) is 2.16. The Balaban J connectivity index is 2.32. The number of aldehydes is 1. The van der Waals surface area contributed by atoms with Gasteiger partial charge in [-0.25, -0.2) is 4.68 Å². The van der Waals surface area contributed by atoms with Crippen molar-refractivity contribution in [2.75, 3.05) is 0 Å². The minimum absolute atomic E-state index is 0.428. The molecule has 0 spiro atoms. The topological polar surface area (TPSA) is 34.9 Å². The standard InChI is InChI=1S/C11H12N2OS/c1-8(2)10-5-6-13(12-10)11-4-3-9(7-14)15-11/h3-8H,1-2H3. The molecule has 2 aromatic rings. The van der Waals surface area contributed by atoms with Gasteiger partial charge in [0.25, 0.3) is 0 Å². The Morgan fingerprint density at radius 1 is 1.40 bits per heavy atom. The molecular formula is C11H12N2OS. The van der Waals surface area contributed by atoms with Crippen molar-refractivity contribution in [1.82, 2.24) is 9.78 Å². The molecule has 2 rings (SSSR count). The highest BCUT2D eigenvalue weighted by Gasteiger charge is 2.06. The van der Waals surface area contributed by atoms with Crippen molar-refractivity contribution in [3.8, 4) is 5.00 Å². The van der Waals surface area contributed by atoms with Crippen LogP contribution in [0.15, 0.2) is 24.4 Å². The first kappa shape index (κ1) is 10.1. The van der Waals surface area contributed by atoms with Gasteiger partial charge in [-0.1, -0.05) is 13.8 Å². The van der Waals surface area contributed by atoms with E-state index >= 15 is 0 Å². The lowest BCUT2D eigenvalue weighted by atomic mass is 10.1. The van der Waals surface area contributed by atoms with Gasteiger partial charge in [-0.2, -0.15) is 5.10 Å². The molecule has 2 heterocycles. The number of hydrogen-bond acceptors (Lipinski definition) is 3. The van der Waals surface area contributed by atoms with Gasteiger partial charge in [-0.15, -0.1) is 11.3 Å². The summed E-state index contributed by atoms with van der Waals surface area (Å²) < 4.78 is 1.81. The quantitative estimate of drug-likeness (QED) is 0.745. The summed E-state index contributed by atoms with van der Waals surface area (Å²) in [6.07, 6.45) is 2.79. The molecule has 78 valence electrons. The van der Waals surface area contributed by atoms with Crippen molar-refractivity contribution in [3.63, 3.8) is 0 Å². The molecule has 4 heteroatoms. The second-order valence-corrected chi connectivity index (χ2v) is 4.73. The maximum absolute atomic E-state index is 10.5. The summed E-state index contributed by atoms with van der Waals surface area (Å²) in [5.74, 6) is 0.428. The molecule has 2 aromatic heterocycles. The minimum Gasteiger partial charge on any atom is -0.297 e. The number of carbonyl (C=O) groups is 1. The maximum atomic E-state index is 10.5. The van der Waals surface area contributed by atoms with Crippen LogP contribution in [0.5, 0.6) is 0 Å². The van der Waals surface area contributed by atoms with Crippen LogP contribution < -0.4 is 0 Å². The lowest BCUT2D eigenvalue weighted by molar-refractivity contribution is 0.112. The van der Waals surface area contributed by atoms with Gasteiger partial charge in [-0.05, 0) is 24.1 Å². The molecular weight excluding hydrogens is 208 g/mol. The molecule has 0 radical (unpaired) electrons. The molecule has 0 amide bonds. The van der Waals surface area contributed by atoms with Gasteiger partial charge >= 0.3 is 0 Å². The van der Waals surface area contributed by atoms with Crippen molar-refractivity contribution in [2.45, 2.75) is 19.8 Å². The molecule has 3 nitrogen and oxygen atoms in total. The highest BCUT2D eigenvalue weighted by atomic mass is 32.1. The van der Waals surface area contributed by atoms with Crippen molar-refractivity contribution in [1.29, 1.82) is 0 Å². The molecule has 0 saturated heterocycles. The van der Waals surface area contributed by atoms with Gasteiger partial charge in [-0.3, -0.25) is 4.79 Å². The van der Waals surface area contributed by atoms with Gasteiger partial charge in [0.1, 0.15) is 5.00 Å². The first-order valence-corrected chi connectivity index (χ1v) is 5.63. The zero-order valence-corrected chi connectivity index (χ0v) is 9.49. The minimum atomic E-state index is 0.428. The normalized spacial score (nSPS) is 10.9. The maximum Gasteiger partial charge on any atom is 0.160 e. The van der Waals surface area contributed by atoms with E-state index in [2.05, 4.69) is 18.9 Å². The predicted molar refractivity (Wildman–Crippen MR) is 60.9 cm³/mol. The number of rotatable bonds is 3. The summed E-state index contributed by atoms with van der Waals surface area (Å²) in [5, 5.41) is 5.41. The molecule has 0 aliphatic rings. The molecule has 0 saturated carbocycles. The van der Waals surface area contributed by atoms with Crippen LogP contribution in [0.4, 0.5) is 0 Å². The number of hydrogen-bond donors (Lipinski definition) is 0. The summed E-state index contributed by atoms with van der Waals surface area (Å²) in [5.41, 5.74) is 1.07. The fourth-order valence-electron chi connectivity index (χ4n) is 1.30. The smallest absolute Gasteiger partial charge is 0.160 e. The summed E-state index contributed by atoms with van der Waals surface area (Å²) in [4.78, 5) is 11.3. The highest BCUT2D eigenvalue weighted by Crippen LogP contribution is 2.20. The molecule has 0 unspecified atom stereocenters. The summed E-state index contributed by atoms with van der Waals surface area (Å²) >= 11 is 1.44. The van der Waals surface area contributed by atoms with E-state index in [1.807, 2.05) is 29.1 Å². The molecule has 0 bridgehead atoms. The Hall–Kier alpha value is -1.42. The van der Waals surface area contributed by atoms with E-state index in [9.17, 15) is 4.79 Å². The van der Waals surface area contributed by atoms with Crippen LogP contribution in [-0.2, 0) is 0 Å². The van der Waals surface area contributed by atoms with Gasteiger partial charge in [0.15, 0.2) is 6.29 Å². The molecule has 15 heavy (non-hydrogen) atoms. The Bertz CT molecular complexity index is 470. The third-order valence-corrected chi connectivity index (χ3v) is 3.16. The van der Waals surface area contributed by atoms with Gasteiger partial charge in [0.05, 0.1) is 10.6 Å². The summed E-state index contributed by atoms with van der Waals surface area (Å²) in [7, 11) is 0. The number of thiophene rings is 1. The molecule has 0 atom stereocenters. The average Bonchev–Trinajstić information content (AvgIpc) is 2.86. The van der Waals surface area contributed by atoms with Crippen LogP contribution in [0.2, 0.25) is 0 Å². The third kappa shape index (κ3) is 1.99. The Morgan fingerprint density at radius 2 is 2.20 bits per heavy atom. The number of nitrogens with zero attached hydrogens (tertiary/aromatic N) is 2. The van der Waals surface area contributed by atoms with E-state index in [1.165, 1.54) is 11.3 Å². The number of aromatic nitrogens is 2. The molecule has 0 aromatic carbocycles. The Labute approximate surface area is 92.4 Å². The van der Waals surface area contributed by atoms with Gasteiger partial charge in [0.2, 0.25) is 0 Å². The van der Waals surface area contributed by atoms with Crippen molar-refractivity contribution in [3.05, 3.63) is 35.0 Å². The largest absolute Gasteiger partial charge is 0.297 e. The van der Waals surface area contributed by atoms with E-state index in [1.54, 1.807) is 0 Å². The second kappa shape index (κ2) is 3.98. The highest BCUT2D eigenvalue weighted by molar-refractivity contribution is 7.16. The fourth-order valence-corrected chi connectivity index (χ4v) is 2.05. The van der Waals surface area contributed by atoms with Crippen molar-refractivity contribution < 1.29 is 4.79 Å². The molecule has 0 N–H and O–H groups in total. The van der Waals surface area contributed by atoms with Gasteiger partial charge in [0, 0.05) is 6.20 Å². The molecule has 0 aliphatic carbocycles. The first-order valence-electron chi connectivity index (χ1n) is 4.81. The molecule has 0 fully saturated rings. The fraction of sp³-hybridized carbons (Fsp3) is 0.273. The van der Waals surface area contributed by atoms with Crippen LogP contribution in [-0.4, -0.2) is 16.1 Å². The van der Waals surface area contributed by atoms with Crippen LogP contribution in [0, 0.1) is 0 Å². The second-order valence-electron chi connectivity index (χ2n) is 3.63. The zero-order valence-electron chi connectivity index (χ0n) is 8.68. The monoisotopic (exact) mass is 220 g/mol. The van der Waals surface area contributed by atoms with E-state index in [0.717, 1.165) is 21.9 Å². The predicted octanol–water partition coefficient (Wildman–Crippen LogP) is 2.87. The van der Waals surface area contributed by atoms with Crippen LogP contribution in [0.25, 0.3) is 5.00 Å².